The summed E-state index contributed by atoms with van der Waals surface area (Å²) < 4.78 is 43.1. The minimum absolute atomic E-state index is 0.0737. The van der Waals surface area contributed by atoms with Gasteiger partial charge in [-0.1, -0.05) is 11.6 Å². The third-order valence-corrected chi connectivity index (χ3v) is 3.67. The van der Waals surface area contributed by atoms with Gasteiger partial charge < -0.3 is 10.5 Å². The molecule has 0 bridgehead atoms. The molecular weight excluding hydrogens is 267 g/mol. The number of ether oxygens (including phenoxy) is 1. The first-order valence-electron chi connectivity index (χ1n) is 5.49. The molecule has 0 amide bonds. The topological polar surface area (TPSA) is 35.2 Å². The molecule has 1 aromatic rings. The number of rotatable bonds is 3. The van der Waals surface area contributed by atoms with Crippen molar-refractivity contribution in [2.24, 2.45) is 5.73 Å². The van der Waals surface area contributed by atoms with Crippen molar-refractivity contribution in [3.8, 4) is 5.75 Å². The van der Waals surface area contributed by atoms with Crippen molar-refractivity contribution in [1.82, 2.24) is 0 Å². The highest BCUT2D eigenvalue weighted by atomic mass is 35.5. The Morgan fingerprint density at radius 3 is 2.39 bits per heavy atom. The number of methoxy groups -OCH3 is 1. The van der Waals surface area contributed by atoms with Crippen molar-refractivity contribution >= 4 is 11.6 Å². The Morgan fingerprint density at radius 2 is 2.00 bits per heavy atom. The standard InChI is InChI=1S/C12H13ClF3NO/c1-18-9-5-7(12(14,15)16)4-8(13)10(9)11(6-17)2-3-11/h4-5H,2-3,6,17H2,1H3. The van der Waals surface area contributed by atoms with Gasteiger partial charge in [-0.05, 0) is 25.0 Å². The average molecular weight is 280 g/mol. The van der Waals surface area contributed by atoms with Gasteiger partial charge in [-0.15, -0.1) is 0 Å². The molecule has 0 aliphatic heterocycles. The van der Waals surface area contributed by atoms with Crippen LogP contribution in [-0.4, -0.2) is 13.7 Å². The zero-order chi connectivity index (χ0) is 13.6. The zero-order valence-electron chi connectivity index (χ0n) is 9.77. The lowest BCUT2D eigenvalue weighted by Crippen LogP contribution is -2.21. The maximum atomic E-state index is 12.7. The molecule has 0 saturated heterocycles. The summed E-state index contributed by atoms with van der Waals surface area (Å²) in [6.45, 7) is 0.356. The highest BCUT2D eigenvalue weighted by Crippen LogP contribution is 2.54. The van der Waals surface area contributed by atoms with E-state index in [1.165, 1.54) is 7.11 Å². The van der Waals surface area contributed by atoms with Gasteiger partial charge in [0, 0.05) is 22.5 Å². The van der Waals surface area contributed by atoms with Crippen LogP contribution in [0.15, 0.2) is 12.1 Å². The first kappa shape index (κ1) is 13.5. The number of alkyl halides is 3. The van der Waals surface area contributed by atoms with Gasteiger partial charge in [-0.3, -0.25) is 0 Å². The van der Waals surface area contributed by atoms with E-state index in [-0.39, 0.29) is 16.2 Å². The summed E-state index contributed by atoms with van der Waals surface area (Å²) in [6.07, 6.45) is -2.79. The molecule has 1 saturated carbocycles. The smallest absolute Gasteiger partial charge is 0.416 e. The largest absolute Gasteiger partial charge is 0.496 e. The van der Waals surface area contributed by atoms with Crippen LogP contribution in [0.5, 0.6) is 5.75 Å². The van der Waals surface area contributed by atoms with Crippen molar-refractivity contribution in [1.29, 1.82) is 0 Å². The fourth-order valence-corrected chi connectivity index (χ4v) is 2.54. The van der Waals surface area contributed by atoms with Crippen LogP contribution in [-0.2, 0) is 11.6 Å². The van der Waals surface area contributed by atoms with E-state index in [1.807, 2.05) is 0 Å². The van der Waals surface area contributed by atoms with Crippen molar-refractivity contribution in [2.45, 2.75) is 24.4 Å². The zero-order valence-corrected chi connectivity index (χ0v) is 10.5. The van der Waals surface area contributed by atoms with Gasteiger partial charge >= 0.3 is 6.18 Å². The Kier molecular flexibility index (Phi) is 3.23. The Balaban J connectivity index is 2.56. The number of hydrogen-bond donors (Lipinski definition) is 1. The van der Waals surface area contributed by atoms with Crippen LogP contribution in [0.2, 0.25) is 5.02 Å². The average Bonchev–Trinajstić information content (AvgIpc) is 3.07. The Morgan fingerprint density at radius 1 is 1.39 bits per heavy atom. The van der Waals surface area contributed by atoms with E-state index >= 15 is 0 Å². The molecular formula is C12H13ClF3NO. The summed E-state index contributed by atoms with van der Waals surface area (Å²) in [5, 5.41) is 0.0737. The number of hydrogen-bond acceptors (Lipinski definition) is 2. The van der Waals surface area contributed by atoms with Crippen molar-refractivity contribution in [3.05, 3.63) is 28.3 Å². The summed E-state index contributed by atoms with van der Waals surface area (Å²) in [5.74, 6) is 0.165. The van der Waals surface area contributed by atoms with Gasteiger partial charge in [-0.25, -0.2) is 0 Å². The van der Waals surface area contributed by atoms with E-state index in [2.05, 4.69) is 0 Å². The third kappa shape index (κ3) is 2.17. The fourth-order valence-electron chi connectivity index (χ4n) is 2.13. The Hall–Kier alpha value is -0.940. The van der Waals surface area contributed by atoms with E-state index in [0.29, 0.717) is 12.1 Å². The summed E-state index contributed by atoms with van der Waals surface area (Å²) in [6, 6.07) is 1.92. The third-order valence-electron chi connectivity index (χ3n) is 3.38. The predicted octanol–water partition coefficient (Wildman–Crippen LogP) is 3.36. The molecule has 0 spiro atoms. The van der Waals surface area contributed by atoms with E-state index in [9.17, 15) is 13.2 Å². The molecule has 1 aliphatic rings. The molecule has 2 N–H and O–H groups in total. The van der Waals surface area contributed by atoms with E-state index in [4.69, 9.17) is 22.1 Å². The minimum atomic E-state index is -4.44. The molecule has 100 valence electrons. The van der Waals surface area contributed by atoms with Gasteiger partial charge in [0.25, 0.3) is 0 Å². The molecule has 1 aliphatic carbocycles. The maximum Gasteiger partial charge on any atom is 0.416 e. The molecule has 6 heteroatoms. The van der Waals surface area contributed by atoms with Gasteiger partial charge in [0.15, 0.2) is 0 Å². The second-order valence-electron chi connectivity index (χ2n) is 4.52. The minimum Gasteiger partial charge on any atom is -0.496 e. The molecule has 2 rings (SSSR count). The van der Waals surface area contributed by atoms with E-state index in [1.54, 1.807) is 0 Å². The van der Waals surface area contributed by atoms with Gasteiger partial charge in [0.05, 0.1) is 12.7 Å². The van der Waals surface area contributed by atoms with Crippen LogP contribution in [0.1, 0.15) is 24.0 Å². The lowest BCUT2D eigenvalue weighted by molar-refractivity contribution is -0.137. The lowest BCUT2D eigenvalue weighted by Gasteiger charge is -2.20. The highest BCUT2D eigenvalue weighted by molar-refractivity contribution is 6.31. The lowest BCUT2D eigenvalue weighted by atomic mass is 9.93. The molecule has 1 aromatic carbocycles. The summed E-state index contributed by atoms with van der Waals surface area (Å²) in [4.78, 5) is 0. The number of nitrogens with two attached hydrogens (primary N) is 1. The number of halogens is 4. The van der Waals surface area contributed by atoms with Crippen LogP contribution in [0.3, 0.4) is 0 Å². The van der Waals surface area contributed by atoms with Gasteiger partial charge in [-0.2, -0.15) is 13.2 Å². The molecule has 2 nitrogen and oxygen atoms in total. The Bertz CT molecular complexity index is 469. The number of benzene rings is 1. The normalized spacial score (nSPS) is 17.7. The predicted molar refractivity (Wildman–Crippen MR) is 63.0 cm³/mol. The van der Waals surface area contributed by atoms with Crippen LogP contribution in [0.4, 0.5) is 13.2 Å². The van der Waals surface area contributed by atoms with Gasteiger partial charge in [0.2, 0.25) is 0 Å². The molecule has 0 heterocycles. The molecule has 0 atom stereocenters. The second-order valence-corrected chi connectivity index (χ2v) is 4.92. The Labute approximate surface area is 108 Å². The fraction of sp³-hybridized carbons (Fsp3) is 0.500. The van der Waals surface area contributed by atoms with Crippen LogP contribution < -0.4 is 10.5 Å². The van der Waals surface area contributed by atoms with E-state index in [0.717, 1.165) is 25.0 Å². The summed E-state index contributed by atoms with van der Waals surface area (Å²) in [5.41, 5.74) is 5.16. The molecule has 0 unspecified atom stereocenters. The maximum absolute atomic E-state index is 12.7. The molecule has 18 heavy (non-hydrogen) atoms. The van der Waals surface area contributed by atoms with Crippen molar-refractivity contribution < 1.29 is 17.9 Å². The van der Waals surface area contributed by atoms with Gasteiger partial charge in [0.1, 0.15) is 5.75 Å². The summed E-state index contributed by atoms with van der Waals surface area (Å²) in [7, 11) is 1.34. The van der Waals surface area contributed by atoms with E-state index < -0.39 is 11.7 Å². The SMILES string of the molecule is COc1cc(C(F)(F)F)cc(Cl)c1C1(CN)CC1. The molecule has 0 radical (unpaired) electrons. The quantitative estimate of drug-likeness (QED) is 0.921. The molecule has 0 aromatic heterocycles. The second kappa shape index (κ2) is 4.31. The monoisotopic (exact) mass is 279 g/mol. The van der Waals surface area contributed by atoms with Crippen LogP contribution >= 0.6 is 11.6 Å². The first-order chi connectivity index (χ1) is 8.34. The molecule has 1 fully saturated rings. The first-order valence-corrected chi connectivity index (χ1v) is 5.87. The van der Waals surface area contributed by atoms with Crippen LogP contribution in [0.25, 0.3) is 0 Å². The summed E-state index contributed by atoms with van der Waals surface area (Å²) >= 11 is 5.99. The van der Waals surface area contributed by atoms with Crippen LogP contribution in [0, 0.1) is 0 Å². The highest BCUT2D eigenvalue weighted by Gasteiger charge is 2.47. The van der Waals surface area contributed by atoms with Crippen molar-refractivity contribution in [3.63, 3.8) is 0 Å². The van der Waals surface area contributed by atoms with Crippen molar-refractivity contribution in [2.75, 3.05) is 13.7 Å².